The third-order valence-electron chi connectivity index (χ3n) is 4.48. The number of pyridine rings is 1. The first-order chi connectivity index (χ1) is 15.7. The van der Waals surface area contributed by atoms with Crippen molar-refractivity contribution in [3.05, 3.63) is 92.9 Å². The Morgan fingerprint density at radius 2 is 1.79 bits per heavy atom. The van der Waals surface area contributed by atoms with Crippen molar-refractivity contribution >= 4 is 5.69 Å². The molecule has 0 spiro atoms. The first kappa shape index (κ1) is 21.7. The van der Waals surface area contributed by atoms with Crippen LogP contribution in [-0.2, 0) is 6.54 Å². The Bertz CT molecular complexity index is 1360. The van der Waals surface area contributed by atoms with Gasteiger partial charge in [0.05, 0.1) is 17.0 Å². The molecule has 0 fully saturated rings. The molecule has 0 aliphatic carbocycles. The number of ether oxygens (including phenoxy) is 1. The van der Waals surface area contributed by atoms with Gasteiger partial charge in [-0.1, -0.05) is 17.3 Å². The molecule has 2 aromatic heterocycles. The third-order valence-corrected chi connectivity index (χ3v) is 4.48. The van der Waals surface area contributed by atoms with Gasteiger partial charge in [0, 0.05) is 30.0 Å². The van der Waals surface area contributed by atoms with Gasteiger partial charge in [-0.15, -0.1) is 13.2 Å². The maximum Gasteiger partial charge on any atom is 0.573 e. The molecular formula is C21H13F3N4O5. The van der Waals surface area contributed by atoms with Crippen molar-refractivity contribution in [3.63, 3.8) is 0 Å². The number of hydrogen-bond acceptors (Lipinski definition) is 7. The van der Waals surface area contributed by atoms with Crippen molar-refractivity contribution in [2.75, 3.05) is 0 Å². The molecule has 4 rings (SSSR count). The first-order valence-corrected chi connectivity index (χ1v) is 9.32. The van der Waals surface area contributed by atoms with E-state index in [4.69, 9.17) is 4.52 Å². The number of halogens is 3. The lowest BCUT2D eigenvalue weighted by Crippen LogP contribution is -2.19. The minimum Gasteiger partial charge on any atom is -0.406 e. The van der Waals surface area contributed by atoms with E-state index >= 15 is 0 Å². The van der Waals surface area contributed by atoms with E-state index in [1.165, 1.54) is 53.2 Å². The molecule has 0 atom stereocenters. The summed E-state index contributed by atoms with van der Waals surface area (Å²) in [7, 11) is 0. The van der Waals surface area contributed by atoms with Crippen LogP contribution >= 0.6 is 0 Å². The second kappa shape index (κ2) is 8.57. The molecule has 0 unspecified atom stereocenters. The number of aromatic nitrogens is 3. The SMILES string of the molecule is O=c1ccc(-c2nc(-c3ccc(OC(F)(F)F)cc3)no2)cn1Cc1cccc([N+](=O)[O-])c1. The van der Waals surface area contributed by atoms with E-state index in [1.54, 1.807) is 6.07 Å². The maximum absolute atomic E-state index is 12.3. The van der Waals surface area contributed by atoms with Crippen LogP contribution in [0.15, 0.2) is 76.2 Å². The zero-order valence-corrected chi connectivity index (χ0v) is 16.5. The van der Waals surface area contributed by atoms with Gasteiger partial charge in [-0.25, -0.2) is 0 Å². The molecule has 2 aromatic carbocycles. The number of alkyl halides is 3. The molecule has 0 amide bonds. The van der Waals surface area contributed by atoms with Crippen LogP contribution in [0.25, 0.3) is 22.8 Å². The number of nitrogens with zero attached hydrogens (tertiary/aromatic N) is 4. The van der Waals surface area contributed by atoms with Gasteiger partial charge in [0.2, 0.25) is 5.82 Å². The van der Waals surface area contributed by atoms with Crippen molar-refractivity contribution < 1.29 is 27.4 Å². The number of non-ortho nitro benzene ring substituents is 1. The molecule has 0 aliphatic heterocycles. The van der Waals surface area contributed by atoms with Crippen molar-refractivity contribution in [2.45, 2.75) is 12.9 Å². The molecule has 0 bridgehead atoms. The summed E-state index contributed by atoms with van der Waals surface area (Å²) in [5.41, 5.74) is 0.922. The zero-order valence-electron chi connectivity index (χ0n) is 16.5. The molecule has 33 heavy (non-hydrogen) atoms. The van der Waals surface area contributed by atoms with E-state index in [0.29, 0.717) is 16.7 Å². The number of nitro groups is 1. The van der Waals surface area contributed by atoms with Crippen molar-refractivity contribution in [1.82, 2.24) is 14.7 Å². The topological polar surface area (TPSA) is 113 Å². The Labute approximate surface area is 182 Å². The van der Waals surface area contributed by atoms with E-state index in [-0.39, 0.29) is 35.3 Å². The lowest BCUT2D eigenvalue weighted by molar-refractivity contribution is -0.384. The lowest BCUT2D eigenvalue weighted by atomic mass is 10.2. The fraction of sp³-hybridized carbons (Fsp3) is 0.0952. The monoisotopic (exact) mass is 458 g/mol. The number of rotatable bonds is 6. The van der Waals surface area contributed by atoms with Gasteiger partial charge < -0.3 is 13.8 Å². The Balaban J connectivity index is 1.57. The standard InChI is InChI=1S/C21H13F3N4O5/c22-21(23,24)32-17-7-4-14(5-8-17)19-25-20(33-26-19)15-6-9-18(29)27(12-15)11-13-2-1-3-16(10-13)28(30)31/h1-10,12H,11H2. The normalized spacial score (nSPS) is 11.4. The van der Waals surface area contributed by atoms with Crippen molar-refractivity contribution in [3.8, 4) is 28.6 Å². The summed E-state index contributed by atoms with van der Waals surface area (Å²) >= 11 is 0. The minimum absolute atomic E-state index is 0.0772. The molecule has 168 valence electrons. The predicted octanol–water partition coefficient (Wildman–Crippen LogP) is 4.42. The van der Waals surface area contributed by atoms with Gasteiger partial charge in [-0.2, -0.15) is 4.98 Å². The highest BCUT2D eigenvalue weighted by Crippen LogP contribution is 2.26. The van der Waals surface area contributed by atoms with Crippen molar-refractivity contribution in [1.29, 1.82) is 0 Å². The molecule has 0 radical (unpaired) electrons. The number of nitro benzene ring substituents is 1. The van der Waals surface area contributed by atoms with E-state index < -0.39 is 11.3 Å². The van der Waals surface area contributed by atoms with Gasteiger partial charge in [-0.05, 0) is 35.9 Å². The summed E-state index contributed by atoms with van der Waals surface area (Å²) in [6, 6.07) is 13.6. The van der Waals surface area contributed by atoms with E-state index in [2.05, 4.69) is 14.9 Å². The van der Waals surface area contributed by atoms with Crippen molar-refractivity contribution in [2.24, 2.45) is 0 Å². The van der Waals surface area contributed by atoms with Gasteiger partial charge in [-0.3, -0.25) is 14.9 Å². The van der Waals surface area contributed by atoms with Crippen LogP contribution in [0, 0.1) is 10.1 Å². The zero-order chi connectivity index (χ0) is 23.6. The Morgan fingerprint density at radius 3 is 2.48 bits per heavy atom. The minimum atomic E-state index is -4.80. The van der Waals surface area contributed by atoms with Crippen LogP contribution in [-0.4, -0.2) is 26.0 Å². The highest BCUT2D eigenvalue weighted by Gasteiger charge is 2.31. The number of hydrogen-bond donors (Lipinski definition) is 0. The summed E-state index contributed by atoms with van der Waals surface area (Å²) in [5.74, 6) is -0.184. The van der Waals surface area contributed by atoms with Crippen LogP contribution in [0.5, 0.6) is 5.75 Å². The Morgan fingerprint density at radius 1 is 1.06 bits per heavy atom. The van der Waals surface area contributed by atoms with E-state index in [1.807, 2.05) is 0 Å². The predicted molar refractivity (Wildman–Crippen MR) is 108 cm³/mol. The quantitative estimate of drug-likeness (QED) is 0.310. The average Bonchev–Trinajstić information content (AvgIpc) is 3.25. The fourth-order valence-corrected chi connectivity index (χ4v) is 3.01. The first-order valence-electron chi connectivity index (χ1n) is 9.32. The largest absolute Gasteiger partial charge is 0.573 e. The summed E-state index contributed by atoms with van der Waals surface area (Å²) in [6.45, 7) is 0.0794. The molecule has 12 heteroatoms. The highest BCUT2D eigenvalue weighted by molar-refractivity contribution is 5.60. The molecule has 2 heterocycles. The van der Waals surface area contributed by atoms with Crippen LogP contribution in [0.4, 0.5) is 18.9 Å². The summed E-state index contributed by atoms with van der Waals surface area (Å²) in [5, 5.41) is 14.8. The average molecular weight is 458 g/mol. The smallest absolute Gasteiger partial charge is 0.406 e. The summed E-state index contributed by atoms with van der Waals surface area (Å²) < 4.78 is 47.3. The van der Waals surface area contributed by atoms with E-state index in [0.717, 1.165) is 12.1 Å². The maximum atomic E-state index is 12.3. The highest BCUT2D eigenvalue weighted by atomic mass is 19.4. The molecule has 0 saturated carbocycles. The molecule has 0 aliphatic rings. The molecular weight excluding hydrogens is 445 g/mol. The van der Waals surface area contributed by atoms with Crippen LogP contribution in [0.3, 0.4) is 0 Å². The van der Waals surface area contributed by atoms with Gasteiger partial charge in [0.25, 0.3) is 17.1 Å². The van der Waals surface area contributed by atoms with Gasteiger partial charge in [0.15, 0.2) is 0 Å². The Hall–Kier alpha value is -4.48. The lowest BCUT2D eigenvalue weighted by Gasteiger charge is -2.08. The third kappa shape index (κ3) is 5.23. The molecule has 0 N–H and O–H groups in total. The summed E-state index contributed by atoms with van der Waals surface area (Å²) in [6.07, 6.45) is -3.33. The molecule has 9 nitrogen and oxygen atoms in total. The Kier molecular flexibility index (Phi) is 5.65. The van der Waals surface area contributed by atoms with Crippen LogP contribution in [0.1, 0.15) is 5.56 Å². The molecule has 0 saturated heterocycles. The van der Waals surface area contributed by atoms with Crippen LogP contribution in [0.2, 0.25) is 0 Å². The second-order valence-electron chi connectivity index (χ2n) is 6.81. The van der Waals surface area contributed by atoms with Gasteiger partial charge in [0.1, 0.15) is 5.75 Å². The van der Waals surface area contributed by atoms with Crippen LogP contribution < -0.4 is 10.3 Å². The second-order valence-corrected chi connectivity index (χ2v) is 6.81. The van der Waals surface area contributed by atoms with E-state index in [9.17, 15) is 28.1 Å². The fourth-order valence-electron chi connectivity index (χ4n) is 3.01. The summed E-state index contributed by atoms with van der Waals surface area (Å²) in [4.78, 5) is 26.9. The van der Waals surface area contributed by atoms with Gasteiger partial charge >= 0.3 is 6.36 Å². The molecule has 4 aromatic rings. The number of benzene rings is 2.